The Hall–Kier alpha value is -3.37. The van der Waals surface area contributed by atoms with Crippen molar-refractivity contribution in [2.45, 2.75) is 46.3 Å². The number of nitrogens with one attached hydrogen (secondary N) is 1. The van der Waals surface area contributed by atoms with E-state index < -0.39 is 0 Å². The van der Waals surface area contributed by atoms with Gasteiger partial charge in [0.25, 0.3) is 0 Å². The summed E-state index contributed by atoms with van der Waals surface area (Å²) in [6, 6.07) is 28.0. The smallest absolute Gasteiger partial charge is 0.223 e. The van der Waals surface area contributed by atoms with E-state index in [1.54, 1.807) is 0 Å². The topological polar surface area (TPSA) is 37.3 Å². The van der Waals surface area contributed by atoms with Gasteiger partial charge in [-0.1, -0.05) is 72.3 Å². The Labute approximate surface area is 208 Å². The van der Waals surface area contributed by atoms with Gasteiger partial charge in [0.2, 0.25) is 5.91 Å². The molecule has 4 heteroatoms. The minimum absolute atomic E-state index is 0.105. The average molecular weight is 466 g/mol. The van der Waals surface area contributed by atoms with Crippen molar-refractivity contribution >= 4 is 16.8 Å². The molecule has 0 atom stereocenters. The van der Waals surface area contributed by atoms with Crippen molar-refractivity contribution in [1.82, 2.24) is 14.8 Å². The first-order valence-corrected chi connectivity index (χ1v) is 12.7. The molecular weight excluding hydrogens is 430 g/mol. The lowest BCUT2D eigenvalue weighted by Gasteiger charge is -2.31. The molecule has 0 radical (unpaired) electrons. The molecule has 180 valence electrons. The Morgan fingerprint density at radius 1 is 0.886 bits per heavy atom. The Balaban J connectivity index is 1.23. The first-order chi connectivity index (χ1) is 17.1. The summed E-state index contributed by atoms with van der Waals surface area (Å²) in [5.41, 5.74) is 7.71. The molecule has 0 aliphatic carbocycles. The summed E-state index contributed by atoms with van der Waals surface area (Å²) in [6.07, 6.45) is 1.83. The molecule has 1 aromatic heterocycles. The molecule has 1 fully saturated rings. The predicted molar refractivity (Wildman–Crippen MR) is 143 cm³/mol. The van der Waals surface area contributed by atoms with Gasteiger partial charge in [0.05, 0.1) is 0 Å². The fourth-order valence-electron chi connectivity index (χ4n) is 5.28. The maximum atomic E-state index is 12.8. The highest BCUT2D eigenvalue weighted by molar-refractivity contribution is 5.81. The van der Waals surface area contributed by atoms with E-state index in [-0.39, 0.29) is 11.8 Å². The Morgan fingerprint density at radius 2 is 1.66 bits per heavy atom. The van der Waals surface area contributed by atoms with Gasteiger partial charge in [-0.25, -0.2) is 0 Å². The van der Waals surface area contributed by atoms with Crippen LogP contribution < -0.4 is 5.32 Å². The Morgan fingerprint density at radius 3 is 2.46 bits per heavy atom. The lowest BCUT2D eigenvalue weighted by atomic mass is 9.95. The summed E-state index contributed by atoms with van der Waals surface area (Å²) in [6.45, 7) is 8.59. The van der Waals surface area contributed by atoms with Crippen LogP contribution >= 0.6 is 0 Å². The van der Waals surface area contributed by atoms with Crippen molar-refractivity contribution < 1.29 is 4.79 Å². The highest BCUT2D eigenvalue weighted by Gasteiger charge is 2.25. The Kier molecular flexibility index (Phi) is 7.01. The van der Waals surface area contributed by atoms with Crippen LogP contribution in [-0.2, 0) is 24.4 Å². The summed E-state index contributed by atoms with van der Waals surface area (Å²) in [5.74, 6) is 0.300. The molecule has 0 spiro atoms. The molecular formula is C31H35N3O. The standard InChI is InChI=1S/C31H35N3O/c1-23-8-7-10-25(18-23)20-32-31(35)26-14-16-33(17-15-26)22-29-19-27-11-5-6-13-30(27)34(29)21-28-12-4-3-9-24(28)2/h3-13,18-19,26H,14-17,20-22H2,1-2H3,(H,32,35). The molecule has 2 heterocycles. The zero-order valence-electron chi connectivity index (χ0n) is 20.8. The molecule has 4 aromatic rings. The molecule has 4 nitrogen and oxygen atoms in total. The maximum absolute atomic E-state index is 12.8. The predicted octanol–water partition coefficient (Wildman–Crippen LogP) is 5.83. The number of piperidine rings is 1. The average Bonchev–Trinajstić information content (AvgIpc) is 3.21. The van der Waals surface area contributed by atoms with Gasteiger partial charge in [0.1, 0.15) is 0 Å². The minimum Gasteiger partial charge on any atom is -0.352 e. The van der Waals surface area contributed by atoms with Gasteiger partial charge >= 0.3 is 0 Å². The van der Waals surface area contributed by atoms with Crippen LogP contribution in [0.2, 0.25) is 0 Å². The number of benzene rings is 3. The summed E-state index contributed by atoms with van der Waals surface area (Å²) in [7, 11) is 0. The third kappa shape index (κ3) is 5.49. The van der Waals surface area contributed by atoms with Gasteiger partial charge in [0, 0.05) is 36.8 Å². The molecule has 1 N–H and O–H groups in total. The van der Waals surface area contributed by atoms with Crippen LogP contribution in [0.3, 0.4) is 0 Å². The summed E-state index contributed by atoms with van der Waals surface area (Å²) in [5, 5.41) is 4.45. The number of amides is 1. The van der Waals surface area contributed by atoms with E-state index in [0.717, 1.165) is 44.6 Å². The van der Waals surface area contributed by atoms with Crippen LogP contribution in [0.5, 0.6) is 0 Å². The molecule has 1 saturated heterocycles. The number of carbonyl (C=O) groups excluding carboxylic acids is 1. The summed E-state index contributed by atoms with van der Waals surface area (Å²) >= 11 is 0. The molecule has 0 unspecified atom stereocenters. The van der Waals surface area contributed by atoms with Gasteiger partial charge in [0.15, 0.2) is 0 Å². The fourth-order valence-corrected chi connectivity index (χ4v) is 5.28. The van der Waals surface area contributed by atoms with E-state index in [0.29, 0.717) is 6.54 Å². The number of nitrogens with zero attached hydrogens (tertiary/aromatic N) is 2. The highest BCUT2D eigenvalue weighted by Crippen LogP contribution is 2.25. The van der Waals surface area contributed by atoms with E-state index in [9.17, 15) is 4.79 Å². The Bertz CT molecular complexity index is 1310. The number of aryl methyl sites for hydroxylation is 2. The minimum atomic E-state index is 0.105. The van der Waals surface area contributed by atoms with Crippen LogP contribution in [0.25, 0.3) is 10.9 Å². The first-order valence-electron chi connectivity index (χ1n) is 12.7. The zero-order chi connectivity index (χ0) is 24.2. The lowest BCUT2D eigenvalue weighted by molar-refractivity contribution is -0.126. The number of hydrogen-bond donors (Lipinski definition) is 1. The molecule has 0 bridgehead atoms. The van der Waals surface area contributed by atoms with Gasteiger partial charge in [-0.2, -0.15) is 0 Å². The summed E-state index contributed by atoms with van der Waals surface area (Å²) in [4.78, 5) is 15.3. The van der Waals surface area contributed by atoms with Crippen LogP contribution in [-0.4, -0.2) is 28.5 Å². The van der Waals surface area contributed by atoms with Crippen molar-refractivity contribution in [3.63, 3.8) is 0 Å². The second kappa shape index (κ2) is 10.5. The van der Waals surface area contributed by atoms with Crippen LogP contribution in [0.4, 0.5) is 0 Å². The van der Waals surface area contributed by atoms with Gasteiger partial charge in [-0.3, -0.25) is 9.69 Å². The number of hydrogen-bond acceptors (Lipinski definition) is 2. The van der Waals surface area contributed by atoms with Crippen LogP contribution in [0, 0.1) is 19.8 Å². The molecule has 0 saturated carbocycles. The largest absolute Gasteiger partial charge is 0.352 e. The van der Waals surface area contributed by atoms with E-state index in [4.69, 9.17) is 0 Å². The van der Waals surface area contributed by atoms with Crippen LogP contribution in [0.1, 0.15) is 40.8 Å². The number of likely N-dealkylation sites (tertiary alicyclic amines) is 1. The third-order valence-corrected chi connectivity index (χ3v) is 7.38. The van der Waals surface area contributed by atoms with E-state index in [2.05, 4.69) is 101 Å². The van der Waals surface area contributed by atoms with Crippen molar-refractivity contribution in [3.8, 4) is 0 Å². The molecule has 3 aromatic carbocycles. The van der Waals surface area contributed by atoms with Gasteiger partial charge in [-0.15, -0.1) is 0 Å². The van der Waals surface area contributed by atoms with Crippen LogP contribution in [0.15, 0.2) is 78.9 Å². The maximum Gasteiger partial charge on any atom is 0.223 e. The normalized spacial score (nSPS) is 14.9. The molecule has 5 rings (SSSR count). The van der Waals surface area contributed by atoms with Crippen molar-refractivity contribution in [3.05, 3.63) is 107 Å². The fraction of sp³-hybridized carbons (Fsp3) is 0.323. The summed E-state index contributed by atoms with van der Waals surface area (Å²) < 4.78 is 2.47. The van der Waals surface area contributed by atoms with E-state index in [1.807, 2.05) is 6.07 Å². The molecule has 1 aliphatic rings. The van der Waals surface area contributed by atoms with Gasteiger partial charge in [-0.05, 0) is 74.0 Å². The third-order valence-electron chi connectivity index (χ3n) is 7.38. The number of carbonyl (C=O) groups is 1. The lowest BCUT2D eigenvalue weighted by Crippen LogP contribution is -2.40. The number of rotatable bonds is 7. The monoisotopic (exact) mass is 465 g/mol. The SMILES string of the molecule is Cc1cccc(CNC(=O)C2CCN(Cc3cc4ccccc4n3Cc3ccccc3C)CC2)c1. The zero-order valence-corrected chi connectivity index (χ0v) is 20.8. The second-order valence-corrected chi connectivity index (χ2v) is 9.96. The first kappa shape index (κ1) is 23.4. The van der Waals surface area contributed by atoms with Crippen molar-refractivity contribution in [2.75, 3.05) is 13.1 Å². The second-order valence-electron chi connectivity index (χ2n) is 9.96. The number of para-hydroxylation sites is 1. The van der Waals surface area contributed by atoms with E-state index in [1.165, 1.54) is 33.3 Å². The highest BCUT2D eigenvalue weighted by atomic mass is 16.1. The molecule has 35 heavy (non-hydrogen) atoms. The van der Waals surface area contributed by atoms with Gasteiger partial charge < -0.3 is 9.88 Å². The van der Waals surface area contributed by atoms with Crippen molar-refractivity contribution in [1.29, 1.82) is 0 Å². The molecule has 1 aliphatic heterocycles. The number of aromatic nitrogens is 1. The quantitative estimate of drug-likeness (QED) is 0.373. The number of fused-ring (bicyclic) bond motifs is 1. The van der Waals surface area contributed by atoms with Crippen molar-refractivity contribution in [2.24, 2.45) is 5.92 Å². The van der Waals surface area contributed by atoms with E-state index >= 15 is 0 Å². The molecule has 1 amide bonds.